The Morgan fingerprint density at radius 2 is 1.62 bits per heavy atom. The summed E-state index contributed by atoms with van der Waals surface area (Å²) in [4.78, 5) is 23.8. The molecule has 5 heteroatoms. The summed E-state index contributed by atoms with van der Waals surface area (Å²) < 4.78 is 4.96. The van der Waals surface area contributed by atoms with Crippen LogP contribution in [0.4, 0.5) is 4.79 Å². The van der Waals surface area contributed by atoms with Crippen LogP contribution in [-0.4, -0.2) is 23.1 Å². The molecule has 2 aromatic rings. The van der Waals surface area contributed by atoms with Gasteiger partial charge in [0.1, 0.15) is 6.10 Å². The number of halogens is 1. The highest BCUT2D eigenvalue weighted by Crippen LogP contribution is 2.30. The maximum absolute atomic E-state index is 12.9. The zero-order valence-electron chi connectivity index (χ0n) is 14.3. The first-order valence-electron chi connectivity index (χ1n) is 8.39. The van der Waals surface area contributed by atoms with Crippen LogP contribution in [0.5, 0.6) is 0 Å². The van der Waals surface area contributed by atoms with Gasteiger partial charge in [0.25, 0.3) is 0 Å². The van der Waals surface area contributed by atoms with Crippen LogP contribution in [0.2, 0.25) is 5.02 Å². The lowest BCUT2D eigenvalue weighted by atomic mass is 9.82. The summed E-state index contributed by atoms with van der Waals surface area (Å²) in [6.45, 7) is 1.92. The fourth-order valence-electron chi connectivity index (χ4n) is 3.24. The molecule has 0 amide bonds. The molecule has 0 saturated heterocycles. The van der Waals surface area contributed by atoms with Crippen molar-refractivity contribution in [2.24, 2.45) is 5.92 Å². The molecular formula is C21H19ClO4. The van der Waals surface area contributed by atoms with Gasteiger partial charge in [-0.2, -0.15) is 0 Å². The molecule has 0 fully saturated rings. The Balaban J connectivity index is 1.80. The summed E-state index contributed by atoms with van der Waals surface area (Å²) in [7, 11) is 0. The maximum atomic E-state index is 12.9. The first-order valence-corrected chi connectivity index (χ1v) is 8.77. The standard InChI is InChI=1S/C21H19ClO4/c1-13-2-11-18(19(12-13)26-21(24)25)20(23)16-5-3-14(4-6-16)15-7-9-17(22)10-8-15/h2-10,18-19H,11-12H2,1H3,(H,24,25). The lowest BCUT2D eigenvalue weighted by Crippen LogP contribution is -2.34. The van der Waals surface area contributed by atoms with Crippen molar-refractivity contribution in [2.45, 2.75) is 25.9 Å². The zero-order valence-corrected chi connectivity index (χ0v) is 15.1. The minimum Gasteiger partial charge on any atom is -0.450 e. The van der Waals surface area contributed by atoms with E-state index in [1.165, 1.54) is 0 Å². The number of Topliss-reactive ketones (excluding diaryl/α,β-unsaturated/α-hetero) is 1. The second kappa shape index (κ2) is 7.75. The van der Waals surface area contributed by atoms with Gasteiger partial charge in [-0.3, -0.25) is 4.79 Å². The van der Waals surface area contributed by atoms with Crippen molar-refractivity contribution in [1.29, 1.82) is 0 Å². The summed E-state index contributed by atoms with van der Waals surface area (Å²) in [6, 6.07) is 14.8. The second-order valence-corrected chi connectivity index (χ2v) is 6.90. The van der Waals surface area contributed by atoms with Gasteiger partial charge in [-0.05, 0) is 36.6 Å². The molecule has 0 bridgehead atoms. The Hall–Kier alpha value is -2.59. The van der Waals surface area contributed by atoms with Gasteiger partial charge in [-0.25, -0.2) is 4.79 Å². The molecular weight excluding hydrogens is 352 g/mol. The SMILES string of the molecule is CC1=CCC(C(=O)c2ccc(-c3ccc(Cl)cc3)cc2)C(OC(=O)O)C1. The number of ketones is 1. The van der Waals surface area contributed by atoms with Crippen LogP contribution in [0.3, 0.4) is 0 Å². The van der Waals surface area contributed by atoms with E-state index >= 15 is 0 Å². The van der Waals surface area contributed by atoms with Crippen molar-refractivity contribution in [3.05, 3.63) is 70.8 Å². The van der Waals surface area contributed by atoms with E-state index in [0.717, 1.165) is 16.7 Å². The van der Waals surface area contributed by atoms with Crippen LogP contribution in [0, 0.1) is 5.92 Å². The van der Waals surface area contributed by atoms with Crippen LogP contribution in [0.15, 0.2) is 60.2 Å². The smallest absolute Gasteiger partial charge is 0.450 e. The first-order chi connectivity index (χ1) is 12.4. The Labute approximate surface area is 157 Å². The number of hydrogen-bond acceptors (Lipinski definition) is 3. The van der Waals surface area contributed by atoms with E-state index in [1.807, 2.05) is 49.4 Å². The molecule has 1 aliphatic rings. The Kier molecular flexibility index (Phi) is 5.43. The number of rotatable bonds is 4. The number of allylic oxidation sites excluding steroid dienone is 1. The fourth-order valence-corrected chi connectivity index (χ4v) is 3.36. The highest BCUT2D eigenvalue weighted by molar-refractivity contribution is 6.30. The molecule has 1 aliphatic carbocycles. The lowest BCUT2D eigenvalue weighted by molar-refractivity contribution is 0.0231. The molecule has 0 aliphatic heterocycles. The lowest BCUT2D eigenvalue weighted by Gasteiger charge is -2.28. The van der Waals surface area contributed by atoms with E-state index in [4.69, 9.17) is 21.4 Å². The summed E-state index contributed by atoms with van der Waals surface area (Å²) in [5.74, 6) is -0.584. The van der Waals surface area contributed by atoms with Gasteiger partial charge in [-0.1, -0.05) is 59.6 Å². The maximum Gasteiger partial charge on any atom is 0.506 e. The molecule has 2 unspecified atom stereocenters. The van der Waals surface area contributed by atoms with Crippen molar-refractivity contribution in [2.75, 3.05) is 0 Å². The third-order valence-corrected chi connectivity index (χ3v) is 4.88. The van der Waals surface area contributed by atoms with Crippen LogP contribution < -0.4 is 0 Å². The highest BCUT2D eigenvalue weighted by atomic mass is 35.5. The number of carbonyl (C=O) groups is 2. The average Bonchev–Trinajstić information content (AvgIpc) is 2.62. The number of carboxylic acid groups (broad SMARTS) is 1. The van der Waals surface area contributed by atoms with Crippen LogP contribution in [-0.2, 0) is 4.74 Å². The van der Waals surface area contributed by atoms with Crippen LogP contribution in [0.1, 0.15) is 30.1 Å². The van der Waals surface area contributed by atoms with Gasteiger partial charge < -0.3 is 9.84 Å². The summed E-state index contributed by atoms with van der Waals surface area (Å²) in [5, 5.41) is 9.61. The normalized spacial score (nSPS) is 19.5. The first kappa shape index (κ1) is 18.2. The number of ether oxygens (including phenoxy) is 1. The molecule has 2 atom stereocenters. The van der Waals surface area contributed by atoms with Crippen molar-refractivity contribution < 1.29 is 19.4 Å². The largest absolute Gasteiger partial charge is 0.506 e. The predicted octanol–water partition coefficient (Wildman–Crippen LogP) is 5.61. The Morgan fingerprint density at radius 3 is 2.19 bits per heavy atom. The minimum absolute atomic E-state index is 0.0948. The van der Waals surface area contributed by atoms with Crippen molar-refractivity contribution in [1.82, 2.24) is 0 Å². The number of benzene rings is 2. The Morgan fingerprint density at radius 1 is 1.04 bits per heavy atom. The monoisotopic (exact) mass is 370 g/mol. The number of hydrogen-bond donors (Lipinski definition) is 1. The molecule has 2 aromatic carbocycles. The topological polar surface area (TPSA) is 63.6 Å². The molecule has 0 heterocycles. The van der Waals surface area contributed by atoms with Gasteiger partial charge in [-0.15, -0.1) is 0 Å². The molecule has 0 aromatic heterocycles. The van der Waals surface area contributed by atoms with E-state index in [1.54, 1.807) is 12.1 Å². The summed E-state index contributed by atoms with van der Waals surface area (Å²) in [5.41, 5.74) is 3.59. The molecule has 26 heavy (non-hydrogen) atoms. The predicted molar refractivity (Wildman–Crippen MR) is 101 cm³/mol. The second-order valence-electron chi connectivity index (χ2n) is 6.47. The van der Waals surface area contributed by atoms with E-state index < -0.39 is 18.2 Å². The van der Waals surface area contributed by atoms with E-state index in [-0.39, 0.29) is 5.78 Å². The summed E-state index contributed by atoms with van der Waals surface area (Å²) >= 11 is 5.91. The van der Waals surface area contributed by atoms with Gasteiger partial charge in [0, 0.05) is 17.0 Å². The van der Waals surface area contributed by atoms with Gasteiger partial charge >= 0.3 is 6.16 Å². The third-order valence-electron chi connectivity index (χ3n) is 4.63. The third kappa shape index (κ3) is 4.14. The molecule has 4 nitrogen and oxygen atoms in total. The van der Waals surface area contributed by atoms with E-state index in [2.05, 4.69) is 0 Å². The molecule has 0 saturated carbocycles. The van der Waals surface area contributed by atoms with E-state index in [9.17, 15) is 9.59 Å². The summed E-state index contributed by atoms with van der Waals surface area (Å²) in [6.07, 6.45) is 0.931. The molecule has 0 radical (unpaired) electrons. The van der Waals surface area contributed by atoms with Crippen molar-refractivity contribution >= 4 is 23.5 Å². The van der Waals surface area contributed by atoms with Gasteiger partial charge in [0.15, 0.2) is 5.78 Å². The average molecular weight is 371 g/mol. The van der Waals surface area contributed by atoms with Gasteiger partial charge in [0.2, 0.25) is 0 Å². The molecule has 3 rings (SSSR count). The van der Waals surface area contributed by atoms with Crippen LogP contribution >= 0.6 is 11.6 Å². The van der Waals surface area contributed by atoms with Gasteiger partial charge in [0.05, 0.1) is 5.92 Å². The van der Waals surface area contributed by atoms with Crippen LogP contribution in [0.25, 0.3) is 11.1 Å². The van der Waals surface area contributed by atoms with E-state index in [0.29, 0.717) is 23.4 Å². The zero-order chi connectivity index (χ0) is 18.7. The molecule has 1 N–H and O–H groups in total. The fraction of sp³-hybridized carbons (Fsp3) is 0.238. The van der Waals surface area contributed by atoms with Crippen molar-refractivity contribution in [3.63, 3.8) is 0 Å². The van der Waals surface area contributed by atoms with Crippen molar-refractivity contribution in [3.8, 4) is 11.1 Å². The number of carbonyl (C=O) groups excluding carboxylic acids is 1. The molecule has 0 spiro atoms. The molecule has 134 valence electrons. The quantitative estimate of drug-likeness (QED) is 0.431. The minimum atomic E-state index is -1.35. The highest BCUT2D eigenvalue weighted by Gasteiger charge is 2.33. The Bertz CT molecular complexity index is 837.